The maximum Gasteiger partial charge on any atom is 0.122 e. The number of halogens is 1. The van der Waals surface area contributed by atoms with Gasteiger partial charge in [0.2, 0.25) is 0 Å². The number of ether oxygens (including phenoxy) is 1. The van der Waals surface area contributed by atoms with Gasteiger partial charge < -0.3 is 10.1 Å². The van der Waals surface area contributed by atoms with Gasteiger partial charge in [-0.25, -0.2) is 0 Å². The quantitative estimate of drug-likeness (QED) is 0.840. The Hall–Kier alpha value is -0.730. The molecule has 2 rings (SSSR count). The van der Waals surface area contributed by atoms with E-state index >= 15 is 0 Å². The highest BCUT2D eigenvalue weighted by Crippen LogP contribution is 2.35. The second-order valence-corrected chi connectivity index (χ2v) is 5.10. The van der Waals surface area contributed by atoms with Gasteiger partial charge in [-0.05, 0) is 55.5 Å². The van der Waals surface area contributed by atoms with Crippen molar-refractivity contribution in [3.8, 4) is 5.75 Å². The smallest absolute Gasteiger partial charge is 0.122 e. The van der Waals surface area contributed by atoms with Crippen molar-refractivity contribution in [3.05, 3.63) is 28.8 Å². The molecular formula is C14H20ClNO. The van der Waals surface area contributed by atoms with Crippen molar-refractivity contribution in [2.75, 3.05) is 13.7 Å². The first-order valence-electron chi connectivity index (χ1n) is 6.30. The predicted octanol–water partition coefficient (Wildman–Crippen LogP) is 3.28. The maximum atomic E-state index is 6.05. The highest BCUT2D eigenvalue weighted by atomic mass is 35.5. The Kier molecular flexibility index (Phi) is 4.30. The van der Waals surface area contributed by atoms with Gasteiger partial charge in [0, 0.05) is 11.1 Å². The first-order valence-corrected chi connectivity index (χ1v) is 6.68. The normalized spacial score (nSPS) is 16.9. The largest absolute Gasteiger partial charge is 0.496 e. The summed E-state index contributed by atoms with van der Waals surface area (Å²) in [5, 5.41) is 4.35. The number of nitrogens with one attached hydrogen (secondary N) is 1. The standard InChI is InChI=1S/C14H20ClNO/c1-3-16-13(10-4-5-10)9-11-8-12(15)6-7-14(11)17-2/h6-8,10,13,16H,3-5,9H2,1-2H3. The summed E-state index contributed by atoms with van der Waals surface area (Å²) in [4.78, 5) is 0. The Bertz CT molecular complexity index is 376. The molecule has 0 bridgehead atoms. The third kappa shape index (κ3) is 3.36. The number of benzene rings is 1. The van der Waals surface area contributed by atoms with E-state index in [4.69, 9.17) is 16.3 Å². The lowest BCUT2D eigenvalue weighted by atomic mass is 10.0. The van der Waals surface area contributed by atoms with Crippen LogP contribution in [-0.2, 0) is 6.42 Å². The van der Waals surface area contributed by atoms with Crippen molar-refractivity contribution in [3.63, 3.8) is 0 Å². The van der Waals surface area contributed by atoms with Crippen molar-refractivity contribution in [2.45, 2.75) is 32.2 Å². The SMILES string of the molecule is CCNC(Cc1cc(Cl)ccc1OC)C1CC1. The van der Waals surface area contributed by atoms with Crippen LogP contribution in [0, 0.1) is 5.92 Å². The second kappa shape index (κ2) is 5.74. The summed E-state index contributed by atoms with van der Waals surface area (Å²) >= 11 is 6.05. The van der Waals surface area contributed by atoms with E-state index in [9.17, 15) is 0 Å². The van der Waals surface area contributed by atoms with Gasteiger partial charge in [-0.3, -0.25) is 0 Å². The Morgan fingerprint density at radius 3 is 2.82 bits per heavy atom. The van der Waals surface area contributed by atoms with Crippen LogP contribution in [-0.4, -0.2) is 19.7 Å². The first kappa shape index (κ1) is 12.7. The Balaban J connectivity index is 2.11. The Morgan fingerprint density at radius 2 is 2.24 bits per heavy atom. The van der Waals surface area contributed by atoms with Crippen molar-refractivity contribution >= 4 is 11.6 Å². The van der Waals surface area contributed by atoms with Crippen molar-refractivity contribution < 1.29 is 4.74 Å². The maximum absolute atomic E-state index is 6.05. The molecule has 1 aliphatic carbocycles. The molecule has 0 radical (unpaired) electrons. The van der Waals surface area contributed by atoms with Gasteiger partial charge >= 0.3 is 0 Å². The average molecular weight is 254 g/mol. The van der Waals surface area contributed by atoms with Crippen LogP contribution >= 0.6 is 11.6 Å². The fraction of sp³-hybridized carbons (Fsp3) is 0.571. The van der Waals surface area contributed by atoms with Crippen LogP contribution in [0.5, 0.6) is 5.75 Å². The van der Waals surface area contributed by atoms with E-state index in [2.05, 4.69) is 12.2 Å². The lowest BCUT2D eigenvalue weighted by Gasteiger charge is -2.19. The molecule has 17 heavy (non-hydrogen) atoms. The molecule has 0 aliphatic heterocycles. The van der Waals surface area contributed by atoms with Crippen LogP contribution < -0.4 is 10.1 Å². The monoisotopic (exact) mass is 253 g/mol. The molecule has 1 aliphatic rings. The number of rotatable bonds is 6. The zero-order chi connectivity index (χ0) is 12.3. The molecule has 0 aromatic heterocycles. The van der Waals surface area contributed by atoms with Crippen LogP contribution in [0.4, 0.5) is 0 Å². The molecule has 1 N–H and O–H groups in total. The Morgan fingerprint density at radius 1 is 1.47 bits per heavy atom. The minimum atomic E-state index is 0.562. The molecule has 94 valence electrons. The summed E-state index contributed by atoms with van der Waals surface area (Å²) in [6.07, 6.45) is 3.70. The van der Waals surface area contributed by atoms with Gasteiger partial charge in [-0.2, -0.15) is 0 Å². The molecular weight excluding hydrogens is 234 g/mol. The highest BCUT2D eigenvalue weighted by molar-refractivity contribution is 6.30. The predicted molar refractivity (Wildman–Crippen MR) is 71.9 cm³/mol. The van der Waals surface area contributed by atoms with Crippen molar-refractivity contribution in [1.82, 2.24) is 5.32 Å². The highest BCUT2D eigenvalue weighted by Gasteiger charge is 2.31. The summed E-state index contributed by atoms with van der Waals surface area (Å²) < 4.78 is 5.39. The van der Waals surface area contributed by atoms with E-state index in [0.717, 1.165) is 29.7 Å². The number of hydrogen-bond donors (Lipinski definition) is 1. The van der Waals surface area contributed by atoms with Crippen molar-refractivity contribution in [1.29, 1.82) is 0 Å². The first-order chi connectivity index (χ1) is 8.24. The van der Waals surface area contributed by atoms with Crippen LogP contribution in [0.15, 0.2) is 18.2 Å². The zero-order valence-electron chi connectivity index (χ0n) is 10.5. The molecule has 0 amide bonds. The molecule has 3 heteroatoms. The second-order valence-electron chi connectivity index (χ2n) is 4.66. The third-order valence-corrected chi connectivity index (χ3v) is 3.57. The third-order valence-electron chi connectivity index (χ3n) is 3.34. The minimum absolute atomic E-state index is 0.562. The van der Waals surface area contributed by atoms with Gasteiger partial charge in [0.15, 0.2) is 0 Å². The van der Waals surface area contributed by atoms with E-state index in [1.165, 1.54) is 18.4 Å². The summed E-state index contributed by atoms with van der Waals surface area (Å²) in [6, 6.07) is 6.41. The number of hydrogen-bond acceptors (Lipinski definition) is 2. The molecule has 1 atom stereocenters. The fourth-order valence-corrected chi connectivity index (χ4v) is 2.50. The van der Waals surface area contributed by atoms with Crippen LogP contribution in [0.25, 0.3) is 0 Å². The van der Waals surface area contributed by atoms with E-state index in [1.54, 1.807) is 7.11 Å². The average Bonchev–Trinajstić information content (AvgIpc) is 3.13. The molecule has 0 spiro atoms. The van der Waals surface area contributed by atoms with Gasteiger partial charge in [-0.15, -0.1) is 0 Å². The Labute approximate surface area is 108 Å². The van der Waals surface area contributed by atoms with Crippen LogP contribution in [0.2, 0.25) is 5.02 Å². The summed E-state index contributed by atoms with van der Waals surface area (Å²) in [6.45, 7) is 3.18. The van der Waals surface area contributed by atoms with Crippen LogP contribution in [0.1, 0.15) is 25.3 Å². The molecule has 1 fully saturated rings. The number of methoxy groups -OCH3 is 1. The van der Waals surface area contributed by atoms with E-state index < -0.39 is 0 Å². The number of likely N-dealkylation sites (N-methyl/N-ethyl adjacent to an activating group) is 1. The van der Waals surface area contributed by atoms with Gasteiger partial charge in [-0.1, -0.05) is 18.5 Å². The van der Waals surface area contributed by atoms with Gasteiger partial charge in [0.1, 0.15) is 5.75 Å². The van der Waals surface area contributed by atoms with E-state index in [1.807, 2.05) is 18.2 Å². The molecule has 0 heterocycles. The summed E-state index contributed by atoms with van der Waals surface area (Å²) in [7, 11) is 1.71. The summed E-state index contributed by atoms with van der Waals surface area (Å²) in [5.74, 6) is 1.77. The topological polar surface area (TPSA) is 21.3 Å². The zero-order valence-corrected chi connectivity index (χ0v) is 11.3. The van der Waals surface area contributed by atoms with Gasteiger partial charge in [0.05, 0.1) is 7.11 Å². The van der Waals surface area contributed by atoms with E-state index in [-0.39, 0.29) is 0 Å². The lowest BCUT2D eigenvalue weighted by molar-refractivity contribution is 0.401. The van der Waals surface area contributed by atoms with E-state index in [0.29, 0.717) is 6.04 Å². The fourth-order valence-electron chi connectivity index (χ4n) is 2.31. The van der Waals surface area contributed by atoms with Crippen LogP contribution in [0.3, 0.4) is 0 Å². The molecule has 1 aromatic carbocycles. The van der Waals surface area contributed by atoms with Crippen molar-refractivity contribution in [2.24, 2.45) is 5.92 Å². The molecule has 0 saturated heterocycles. The molecule has 1 aromatic rings. The minimum Gasteiger partial charge on any atom is -0.496 e. The molecule has 1 unspecified atom stereocenters. The molecule has 2 nitrogen and oxygen atoms in total. The van der Waals surface area contributed by atoms with Gasteiger partial charge in [0.25, 0.3) is 0 Å². The summed E-state index contributed by atoms with van der Waals surface area (Å²) in [5.41, 5.74) is 1.21. The molecule has 1 saturated carbocycles. The lowest BCUT2D eigenvalue weighted by Crippen LogP contribution is -2.33.